The van der Waals surface area contributed by atoms with Gasteiger partial charge in [-0.1, -0.05) is 55.3 Å². The van der Waals surface area contributed by atoms with Crippen LogP contribution in [0.25, 0.3) is 0 Å². The number of hydrogen-bond donors (Lipinski definition) is 2. The summed E-state index contributed by atoms with van der Waals surface area (Å²) >= 11 is 0. The summed E-state index contributed by atoms with van der Waals surface area (Å²) in [5.41, 5.74) is 4.82. The highest BCUT2D eigenvalue weighted by atomic mass is 16.7. The predicted molar refractivity (Wildman–Crippen MR) is 238 cm³/mol. The van der Waals surface area contributed by atoms with Gasteiger partial charge < -0.3 is 38.9 Å². The summed E-state index contributed by atoms with van der Waals surface area (Å²) < 4.78 is 26.5. The molecular formula is C50H67N3O8. The lowest BCUT2D eigenvalue weighted by Crippen LogP contribution is -2.70. The quantitative estimate of drug-likeness (QED) is 0.0614. The minimum atomic E-state index is -1.34. The second-order valence-electron chi connectivity index (χ2n) is 17.7. The van der Waals surface area contributed by atoms with E-state index in [0.29, 0.717) is 56.1 Å². The first-order chi connectivity index (χ1) is 29.4. The summed E-state index contributed by atoms with van der Waals surface area (Å²) in [4.78, 5) is 27.8. The summed E-state index contributed by atoms with van der Waals surface area (Å²) in [6, 6.07) is 19.0. The summed E-state index contributed by atoms with van der Waals surface area (Å²) in [6.45, 7) is 15.3. The van der Waals surface area contributed by atoms with Crippen molar-refractivity contribution in [2.24, 2.45) is 22.9 Å². The van der Waals surface area contributed by atoms with Crippen LogP contribution in [0.15, 0.2) is 90.1 Å². The number of allylic oxidation sites excluding steroid dienone is 1. The molecule has 0 radical (unpaired) electrons. The van der Waals surface area contributed by atoms with Crippen LogP contribution in [0.5, 0.6) is 17.2 Å². The highest BCUT2D eigenvalue weighted by Gasteiger charge is 2.65. The van der Waals surface area contributed by atoms with E-state index in [0.717, 1.165) is 59.5 Å². The summed E-state index contributed by atoms with van der Waals surface area (Å²) in [5, 5.41) is 24.9. The molecule has 11 heteroatoms. The van der Waals surface area contributed by atoms with E-state index >= 15 is 0 Å². The van der Waals surface area contributed by atoms with Crippen molar-refractivity contribution in [3.63, 3.8) is 0 Å². The number of fused-ring (bicyclic) bond motifs is 2. The smallest absolute Gasteiger partial charge is 0.239 e. The topological polar surface area (TPSA) is 132 Å². The van der Waals surface area contributed by atoms with Crippen molar-refractivity contribution in [1.82, 2.24) is 9.88 Å². The molecule has 0 bridgehead atoms. The molecule has 2 heterocycles. The molecule has 1 aliphatic heterocycles. The molecule has 3 aliphatic rings. The summed E-state index contributed by atoms with van der Waals surface area (Å²) in [7, 11) is 1.63. The molecule has 11 nitrogen and oxygen atoms in total. The highest BCUT2D eigenvalue weighted by Crippen LogP contribution is 2.62. The van der Waals surface area contributed by atoms with Crippen LogP contribution in [0, 0.1) is 24.7 Å². The molecule has 1 amide bonds. The number of amides is 1. The molecule has 1 saturated carbocycles. The Morgan fingerprint density at radius 1 is 1.03 bits per heavy atom. The number of aryl methyl sites for hydroxylation is 1. The molecule has 0 spiro atoms. The SMILES string of the molecule is C=CCO[C@@]12Oc3ccc(OCc4cccc(C)n4)cc3[C@H]3[C@H](CCCCO)[C@@H](CCCCO)C=C(C(=NOC(C)(C)C)C[C@@H]1N(CCC)C(=O)Cc1cccc(OC)c1)[C@H]32. The number of aliphatic hydroxyl groups excluding tert-OH is 2. The molecule has 61 heavy (non-hydrogen) atoms. The number of ether oxygens (including phenoxy) is 4. The van der Waals surface area contributed by atoms with Gasteiger partial charge in [-0.3, -0.25) is 9.78 Å². The first kappa shape index (κ1) is 45.8. The van der Waals surface area contributed by atoms with Crippen LogP contribution in [-0.2, 0) is 27.4 Å². The summed E-state index contributed by atoms with van der Waals surface area (Å²) in [5.74, 6) is 0.321. The first-order valence-corrected chi connectivity index (χ1v) is 22.2. The number of carbonyl (C=O) groups is 1. The van der Waals surface area contributed by atoms with Crippen LogP contribution in [0.4, 0.5) is 0 Å². The highest BCUT2D eigenvalue weighted by molar-refractivity contribution is 6.03. The maximum Gasteiger partial charge on any atom is 0.239 e. The van der Waals surface area contributed by atoms with Crippen molar-refractivity contribution in [3.8, 4) is 17.2 Å². The second kappa shape index (κ2) is 20.9. The molecule has 6 atom stereocenters. The molecule has 0 unspecified atom stereocenters. The van der Waals surface area contributed by atoms with E-state index in [1.54, 1.807) is 13.2 Å². The van der Waals surface area contributed by atoms with Gasteiger partial charge in [0.05, 0.1) is 37.5 Å². The van der Waals surface area contributed by atoms with Gasteiger partial charge >= 0.3 is 0 Å². The monoisotopic (exact) mass is 837 g/mol. The Kier molecular flexibility index (Phi) is 15.7. The molecule has 1 aromatic heterocycles. The van der Waals surface area contributed by atoms with E-state index in [4.69, 9.17) is 28.9 Å². The van der Waals surface area contributed by atoms with Gasteiger partial charge in [0.1, 0.15) is 35.5 Å². The maximum atomic E-state index is 14.9. The number of aliphatic hydroxyl groups is 2. The van der Waals surface area contributed by atoms with Gasteiger partial charge in [0.15, 0.2) is 0 Å². The Morgan fingerprint density at radius 3 is 2.51 bits per heavy atom. The van der Waals surface area contributed by atoms with Crippen LogP contribution in [0.3, 0.4) is 0 Å². The van der Waals surface area contributed by atoms with Crippen LogP contribution >= 0.6 is 0 Å². The molecule has 0 saturated heterocycles. The normalized spacial score (nSPS) is 23.6. The number of pyridine rings is 1. The van der Waals surface area contributed by atoms with Gasteiger partial charge in [0.2, 0.25) is 11.7 Å². The molecule has 3 aromatic rings. The maximum absolute atomic E-state index is 14.9. The lowest BCUT2D eigenvalue weighted by atomic mass is 9.55. The number of oxime groups is 1. The average molecular weight is 838 g/mol. The second-order valence-corrected chi connectivity index (χ2v) is 17.7. The van der Waals surface area contributed by atoms with Crippen molar-refractivity contribution >= 4 is 11.6 Å². The molecule has 2 N–H and O–H groups in total. The third kappa shape index (κ3) is 10.9. The zero-order chi connectivity index (χ0) is 43.6. The molecule has 330 valence electrons. The molecule has 2 aliphatic carbocycles. The van der Waals surface area contributed by atoms with Crippen LogP contribution in [0.2, 0.25) is 0 Å². The molecule has 1 fully saturated rings. The number of methoxy groups -OCH3 is 1. The largest absolute Gasteiger partial charge is 0.497 e. The van der Waals surface area contributed by atoms with Gasteiger partial charge in [-0.25, -0.2) is 0 Å². The van der Waals surface area contributed by atoms with E-state index in [1.165, 1.54) is 0 Å². The van der Waals surface area contributed by atoms with E-state index in [9.17, 15) is 15.0 Å². The predicted octanol–water partition coefficient (Wildman–Crippen LogP) is 8.89. The van der Waals surface area contributed by atoms with E-state index < -0.39 is 23.3 Å². The van der Waals surface area contributed by atoms with Gasteiger partial charge in [-0.15, -0.1) is 6.58 Å². The van der Waals surface area contributed by atoms with E-state index in [2.05, 4.69) is 30.6 Å². The van der Waals surface area contributed by atoms with Gasteiger partial charge in [-0.05, 0) is 125 Å². The number of carbonyl (C=O) groups excluding carboxylic acids is 1. The number of nitrogens with zero attached hydrogens (tertiary/aromatic N) is 3. The Bertz CT molecular complexity index is 2010. The molecule has 6 rings (SSSR count). The van der Waals surface area contributed by atoms with E-state index in [-0.39, 0.29) is 49.9 Å². The standard InChI is InChI=1S/C50H67N3O8/c1-8-24-53(46(56)29-35-17-15-20-38(28-35)57-7)45-32-43(52-61-49(4,5)6)41-30-36(18-10-12-25-54)40(21-11-13-26-55)47-42-31-39(58-33-37-19-14-16-34(3)51-37)22-23-44(42)60-50(45,48(41)47)59-27-9-2/h9,14-17,19-20,22-23,28,30-31,36,40,45,47-48,54-55H,2,8,10-13,18,21,24-27,29,32-33H2,1,3-7H3/t36-,40+,45-,47+,48+,50+/m0/s1. The Balaban J connectivity index is 1.56. The van der Waals surface area contributed by atoms with Gasteiger partial charge in [0.25, 0.3) is 0 Å². The fourth-order valence-corrected chi connectivity index (χ4v) is 9.52. The lowest BCUT2D eigenvalue weighted by molar-refractivity contribution is -0.257. The van der Waals surface area contributed by atoms with Crippen LogP contribution in [0.1, 0.15) is 107 Å². The first-order valence-electron chi connectivity index (χ1n) is 22.2. The van der Waals surface area contributed by atoms with Crippen LogP contribution in [-0.4, -0.2) is 82.6 Å². The average Bonchev–Trinajstić information content (AvgIpc) is 3.24. The van der Waals surface area contributed by atoms with Crippen LogP contribution < -0.4 is 14.2 Å². The van der Waals surface area contributed by atoms with Crippen molar-refractivity contribution in [1.29, 1.82) is 0 Å². The van der Waals surface area contributed by atoms with Gasteiger partial charge in [0, 0.05) is 43.4 Å². The summed E-state index contributed by atoms with van der Waals surface area (Å²) in [6.07, 6.45) is 10.1. The number of aromatic nitrogens is 1. The lowest BCUT2D eigenvalue weighted by Gasteiger charge is -2.60. The number of rotatable bonds is 21. The van der Waals surface area contributed by atoms with Crippen molar-refractivity contribution in [3.05, 3.63) is 107 Å². The Hall–Kier alpha value is -4.71. The number of benzene rings is 2. The molecule has 2 aromatic carbocycles. The number of unbranched alkanes of at least 4 members (excludes halogenated alkanes) is 2. The fraction of sp³-hybridized carbons (Fsp3) is 0.540. The van der Waals surface area contributed by atoms with Gasteiger partial charge in [-0.2, -0.15) is 0 Å². The third-order valence-electron chi connectivity index (χ3n) is 12.1. The minimum Gasteiger partial charge on any atom is -0.497 e. The van der Waals surface area contributed by atoms with Crippen molar-refractivity contribution in [2.45, 2.75) is 122 Å². The van der Waals surface area contributed by atoms with Crippen molar-refractivity contribution in [2.75, 3.05) is 33.5 Å². The third-order valence-corrected chi connectivity index (χ3v) is 12.1. The molecular weight excluding hydrogens is 771 g/mol. The fourth-order valence-electron chi connectivity index (χ4n) is 9.52. The zero-order valence-electron chi connectivity index (χ0n) is 37.1. The van der Waals surface area contributed by atoms with E-state index in [1.807, 2.05) is 87.2 Å². The number of hydrogen-bond acceptors (Lipinski definition) is 10. The Morgan fingerprint density at radius 2 is 1.80 bits per heavy atom. The zero-order valence-corrected chi connectivity index (χ0v) is 37.1. The van der Waals surface area contributed by atoms with Crippen molar-refractivity contribution < 1.29 is 38.8 Å². The minimum absolute atomic E-state index is 0.0539. The Labute approximate surface area is 362 Å².